The van der Waals surface area contributed by atoms with Gasteiger partial charge < -0.3 is 24.3 Å². The highest BCUT2D eigenvalue weighted by Crippen LogP contribution is 2.44. The normalized spacial score (nSPS) is 17.4. The number of hydrogen-bond donors (Lipinski definition) is 2. The second kappa shape index (κ2) is 10.6. The minimum atomic E-state index is -1.99. The van der Waals surface area contributed by atoms with Crippen molar-refractivity contribution in [2.45, 2.75) is 70.7 Å². The number of benzene rings is 1. The van der Waals surface area contributed by atoms with E-state index in [9.17, 15) is 15.0 Å². The molecule has 0 unspecified atom stereocenters. The number of ether oxygens (including phenoxy) is 1. The second-order valence-electron chi connectivity index (χ2n) is 11.3. The Morgan fingerprint density at radius 1 is 1.29 bits per heavy atom. The smallest absolute Gasteiger partial charge is 0.407 e. The van der Waals surface area contributed by atoms with Crippen molar-refractivity contribution in [1.29, 1.82) is 0 Å². The van der Waals surface area contributed by atoms with Gasteiger partial charge in [-0.1, -0.05) is 32.4 Å². The van der Waals surface area contributed by atoms with E-state index < -0.39 is 20.5 Å². The summed E-state index contributed by atoms with van der Waals surface area (Å²) in [5.41, 5.74) is 1.20. The number of carbonyl (C=O) groups is 1. The Kier molecular flexibility index (Phi) is 8.41. The SMILES string of the molecule is COc1ccc2ncc(Cl)c([C@@H](O)CCC3(CO[Si](C)(C)C(C)(C)C)CCN(C(=O)O)CC3)c2c1. The van der Waals surface area contributed by atoms with Crippen molar-refractivity contribution in [3.05, 3.63) is 35.0 Å². The summed E-state index contributed by atoms with van der Waals surface area (Å²) < 4.78 is 12.0. The van der Waals surface area contributed by atoms with E-state index in [1.54, 1.807) is 13.3 Å². The molecular weight excluding hydrogens is 484 g/mol. The molecule has 7 nitrogen and oxygen atoms in total. The van der Waals surface area contributed by atoms with Gasteiger partial charge in [0.25, 0.3) is 0 Å². The molecule has 1 saturated heterocycles. The van der Waals surface area contributed by atoms with Crippen LogP contribution in [0, 0.1) is 5.41 Å². The number of aliphatic hydroxyl groups is 1. The molecule has 0 aliphatic carbocycles. The number of hydrogen-bond acceptors (Lipinski definition) is 5. The molecule has 2 N–H and O–H groups in total. The highest BCUT2D eigenvalue weighted by Gasteiger charge is 2.42. The summed E-state index contributed by atoms with van der Waals surface area (Å²) in [6, 6.07) is 5.55. The van der Waals surface area contributed by atoms with Gasteiger partial charge in [-0.3, -0.25) is 4.98 Å². The number of likely N-dealkylation sites (tertiary alicyclic amines) is 1. The van der Waals surface area contributed by atoms with Crippen molar-refractivity contribution in [3.8, 4) is 5.75 Å². The van der Waals surface area contributed by atoms with Gasteiger partial charge in [-0.05, 0) is 67.4 Å². The molecule has 1 fully saturated rings. The third-order valence-electron chi connectivity index (χ3n) is 7.99. The van der Waals surface area contributed by atoms with Crippen LogP contribution in [-0.4, -0.2) is 61.3 Å². The van der Waals surface area contributed by atoms with E-state index in [0.717, 1.165) is 10.9 Å². The average Bonchev–Trinajstić information content (AvgIpc) is 2.80. The van der Waals surface area contributed by atoms with E-state index in [-0.39, 0.29) is 10.5 Å². The standard InChI is InChI=1S/C26H39ClN2O5Si/c1-25(2,3)35(5,6)34-17-26(11-13-29(14-12-26)24(31)32)10-9-22(30)23-19-15-18(33-4)7-8-21(19)28-16-20(23)27/h7-8,15-16,22,30H,9-14,17H2,1-6H3,(H,31,32)/t22-/m0/s1. The van der Waals surface area contributed by atoms with Gasteiger partial charge in [0.1, 0.15) is 5.75 Å². The highest BCUT2D eigenvalue weighted by atomic mass is 35.5. The van der Waals surface area contributed by atoms with E-state index >= 15 is 0 Å². The monoisotopic (exact) mass is 522 g/mol. The molecule has 1 aromatic heterocycles. The van der Waals surface area contributed by atoms with E-state index in [1.807, 2.05) is 18.2 Å². The Bertz CT molecular complexity index is 1050. The molecule has 0 saturated carbocycles. The second-order valence-corrected chi connectivity index (χ2v) is 16.5. The number of nitrogens with zero attached hydrogens (tertiary/aromatic N) is 2. The molecule has 2 heterocycles. The highest BCUT2D eigenvalue weighted by molar-refractivity contribution is 6.74. The first kappa shape index (κ1) is 27.7. The third-order valence-corrected chi connectivity index (χ3v) is 12.8. The first-order valence-electron chi connectivity index (χ1n) is 12.2. The van der Waals surface area contributed by atoms with Crippen molar-refractivity contribution in [2.24, 2.45) is 5.41 Å². The Labute approximate surface area is 214 Å². The molecule has 1 aliphatic heterocycles. The van der Waals surface area contributed by atoms with Gasteiger partial charge >= 0.3 is 6.09 Å². The van der Waals surface area contributed by atoms with E-state index in [0.29, 0.717) is 61.7 Å². The number of pyridine rings is 1. The summed E-state index contributed by atoms with van der Waals surface area (Å²) in [5.74, 6) is 0.676. The van der Waals surface area contributed by atoms with Crippen LogP contribution in [0.2, 0.25) is 23.2 Å². The molecule has 0 radical (unpaired) electrons. The van der Waals surface area contributed by atoms with Crippen LogP contribution in [0.4, 0.5) is 4.79 Å². The van der Waals surface area contributed by atoms with Crippen molar-refractivity contribution < 1.29 is 24.2 Å². The zero-order valence-electron chi connectivity index (χ0n) is 21.7. The number of rotatable bonds is 8. The zero-order chi connectivity index (χ0) is 26.0. The molecule has 0 bridgehead atoms. The summed E-state index contributed by atoms with van der Waals surface area (Å²) in [5, 5.41) is 22.0. The van der Waals surface area contributed by atoms with Crippen LogP contribution in [0.1, 0.15) is 58.1 Å². The lowest BCUT2D eigenvalue weighted by molar-refractivity contribution is 0.0295. The van der Waals surface area contributed by atoms with Crippen LogP contribution in [0.5, 0.6) is 5.75 Å². The van der Waals surface area contributed by atoms with Crippen LogP contribution in [-0.2, 0) is 4.43 Å². The predicted molar refractivity (Wildman–Crippen MR) is 142 cm³/mol. The average molecular weight is 523 g/mol. The third kappa shape index (κ3) is 6.28. The number of carboxylic acid groups (broad SMARTS) is 1. The largest absolute Gasteiger partial charge is 0.497 e. The molecule has 1 aliphatic rings. The molecule has 1 amide bonds. The molecule has 35 heavy (non-hydrogen) atoms. The molecule has 194 valence electrons. The van der Waals surface area contributed by atoms with Crippen LogP contribution >= 0.6 is 11.6 Å². The van der Waals surface area contributed by atoms with E-state index in [1.165, 1.54) is 4.90 Å². The minimum Gasteiger partial charge on any atom is -0.497 e. The fraction of sp³-hybridized carbons (Fsp3) is 0.615. The number of amides is 1. The lowest BCUT2D eigenvalue weighted by Gasteiger charge is -2.45. The lowest BCUT2D eigenvalue weighted by atomic mass is 9.74. The molecule has 0 spiro atoms. The Morgan fingerprint density at radius 3 is 2.51 bits per heavy atom. The fourth-order valence-electron chi connectivity index (χ4n) is 4.41. The van der Waals surface area contributed by atoms with Gasteiger partial charge in [-0.15, -0.1) is 0 Å². The lowest BCUT2D eigenvalue weighted by Crippen LogP contribution is -2.48. The first-order valence-corrected chi connectivity index (χ1v) is 15.5. The van der Waals surface area contributed by atoms with E-state index in [2.05, 4.69) is 38.8 Å². The summed E-state index contributed by atoms with van der Waals surface area (Å²) >= 11 is 6.52. The molecule has 1 aromatic carbocycles. The maximum Gasteiger partial charge on any atom is 0.407 e. The van der Waals surface area contributed by atoms with Crippen LogP contribution in [0.25, 0.3) is 10.9 Å². The summed E-state index contributed by atoms with van der Waals surface area (Å²) in [7, 11) is -0.384. The zero-order valence-corrected chi connectivity index (χ0v) is 23.5. The van der Waals surface area contributed by atoms with Crippen LogP contribution < -0.4 is 4.74 Å². The van der Waals surface area contributed by atoms with E-state index in [4.69, 9.17) is 20.8 Å². The number of aliphatic hydroxyl groups excluding tert-OH is 1. The Balaban J connectivity index is 1.83. The maximum atomic E-state index is 11.5. The fourth-order valence-corrected chi connectivity index (χ4v) is 5.79. The molecular formula is C26H39ClN2O5Si. The van der Waals surface area contributed by atoms with Crippen LogP contribution in [0.3, 0.4) is 0 Å². The summed E-state index contributed by atoms with van der Waals surface area (Å²) in [6.07, 6.45) is 2.52. The molecule has 1 atom stereocenters. The van der Waals surface area contributed by atoms with Gasteiger partial charge in [0.15, 0.2) is 8.32 Å². The van der Waals surface area contributed by atoms with Gasteiger partial charge in [0.2, 0.25) is 0 Å². The molecule has 9 heteroatoms. The maximum absolute atomic E-state index is 11.5. The van der Waals surface area contributed by atoms with Crippen LogP contribution in [0.15, 0.2) is 24.4 Å². The van der Waals surface area contributed by atoms with Gasteiger partial charge in [-0.25, -0.2) is 4.79 Å². The van der Waals surface area contributed by atoms with Crippen molar-refractivity contribution in [2.75, 3.05) is 26.8 Å². The van der Waals surface area contributed by atoms with Crippen molar-refractivity contribution >= 4 is 36.9 Å². The van der Waals surface area contributed by atoms with Gasteiger partial charge in [0.05, 0.1) is 23.8 Å². The predicted octanol–water partition coefficient (Wildman–Crippen LogP) is 6.49. The Hall–Kier alpha value is -1.87. The first-order chi connectivity index (χ1) is 16.3. The summed E-state index contributed by atoms with van der Waals surface area (Å²) in [4.78, 5) is 17.4. The number of piperidine rings is 1. The Morgan fingerprint density at radius 2 is 1.94 bits per heavy atom. The molecule has 2 aromatic rings. The number of fused-ring (bicyclic) bond motifs is 1. The number of methoxy groups -OCH3 is 1. The summed E-state index contributed by atoms with van der Waals surface area (Å²) in [6.45, 7) is 12.6. The van der Waals surface area contributed by atoms with Crippen molar-refractivity contribution in [1.82, 2.24) is 9.88 Å². The number of aromatic nitrogens is 1. The quantitative estimate of drug-likeness (QED) is 0.385. The number of halogens is 1. The van der Waals surface area contributed by atoms with Gasteiger partial charge in [0, 0.05) is 36.8 Å². The minimum absolute atomic E-state index is 0.0814. The van der Waals surface area contributed by atoms with Crippen molar-refractivity contribution in [3.63, 3.8) is 0 Å². The molecule has 3 rings (SSSR count). The topological polar surface area (TPSA) is 92.1 Å². The van der Waals surface area contributed by atoms with Gasteiger partial charge in [-0.2, -0.15) is 0 Å².